The number of hydrogen-bond donors (Lipinski definition) is 1. The van der Waals surface area contributed by atoms with Crippen molar-refractivity contribution in [1.29, 1.82) is 0 Å². The fourth-order valence-electron chi connectivity index (χ4n) is 2.21. The molecule has 1 aliphatic rings. The summed E-state index contributed by atoms with van der Waals surface area (Å²) in [4.78, 5) is 9.11. The molecule has 3 nitrogen and oxygen atoms in total. The van der Waals surface area contributed by atoms with Gasteiger partial charge in [-0.15, -0.1) is 0 Å². The molecule has 0 radical (unpaired) electrons. The van der Waals surface area contributed by atoms with Crippen molar-refractivity contribution < 1.29 is 0 Å². The van der Waals surface area contributed by atoms with Gasteiger partial charge in [-0.1, -0.05) is 31.7 Å². The van der Waals surface area contributed by atoms with Gasteiger partial charge in [0.1, 0.15) is 0 Å². The maximum Gasteiger partial charge on any atom is 0.157 e. The van der Waals surface area contributed by atoms with Crippen LogP contribution in [-0.4, -0.2) is 22.4 Å². The largest absolute Gasteiger partial charge is 0.357 e. The van der Waals surface area contributed by atoms with E-state index in [4.69, 9.17) is 4.99 Å². The zero-order valence-corrected chi connectivity index (χ0v) is 12.8. The summed E-state index contributed by atoms with van der Waals surface area (Å²) in [6.45, 7) is 7.63. The number of aromatic nitrogens is 1. The summed E-state index contributed by atoms with van der Waals surface area (Å²) < 4.78 is 0. The van der Waals surface area contributed by atoms with Crippen LogP contribution in [0, 0.1) is 5.41 Å². The van der Waals surface area contributed by atoms with Gasteiger partial charge in [0.05, 0.1) is 11.7 Å². The van der Waals surface area contributed by atoms with E-state index in [1.165, 1.54) is 18.6 Å². The van der Waals surface area contributed by atoms with Crippen molar-refractivity contribution in [3.63, 3.8) is 0 Å². The van der Waals surface area contributed by atoms with Crippen LogP contribution in [0.3, 0.4) is 0 Å². The minimum absolute atomic E-state index is 0.211. The van der Waals surface area contributed by atoms with Gasteiger partial charge in [-0.05, 0) is 37.3 Å². The van der Waals surface area contributed by atoms with Gasteiger partial charge in [0.15, 0.2) is 5.17 Å². The molecule has 0 spiro atoms. The third-order valence-electron chi connectivity index (χ3n) is 4.04. The highest BCUT2D eigenvalue weighted by molar-refractivity contribution is 8.13. The van der Waals surface area contributed by atoms with Crippen LogP contribution in [0.2, 0.25) is 0 Å². The average molecular weight is 277 g/mol. The van der Waals surface area contributed by atoms with E-state index >= 15 is 0 Å². The van der Waals surface area contributed by atoms with Crippen molar-refractivity contribution in [2.45, 2.75) is 39.7 Å². The summed E-state index contributed by atoms with van der Waals surface area (Å²) in [5, 5.41) is 4.54. The first-order valence-corrected chi connectivity index (χ1v) is 8.02. The SMILES string of the molecule is CCC1(CC)CN=C(NC(C)c2ccccn2)SC1. The number of rotatable bonds is 4. The summed E-state index contributed by atoms with van der Waals surface area (Å²) in [6.07, 6.45) is 4.26. The van der Waals surface area contributed by atoms with Crippen LogP contribution >= 0.6 is 11.8 Å². The molecule has 4 heteroatoms. The summed E-state index contributed by atoms with van der Waals surface area (Å²) in [6, 6.07) is 6.23. The fraction of sp³-hybridized carbons (Fsp3) is 0.600. The van der Waals surface area contributed by atoms with E-state index < -0.39 is 0 Å². The van der Waals surface area contributed by atoms with E-state index in [9.17, 15) is 0 Å². The topological polar surface area (TPSA) is 37.3 Å². The van der Waals surface area contributed by atoms with E-state index in [2.05, 4.69) is 31.1 Å². The Labute approximate surface area is 120 Å². The van der Waals surface area contributed by atoms with Gasteiger partial charge >= 0.3 is 0 Å². The molecule has 1 atom stereocenters. The fourth-order valence-corrected chi connectivity index (χ4v) is 3.57. The second-order valence-electron chi connectivity index (χ2n) is 5.24. The third kappa shape index (κ3) is 3.50. The van der Waals surface area contributed by atoms with Gasteiger partial charge in [-0.2, -0.15) is 0 Å². The summed E-state index contributed by atoms with van der Waals surface area (Å²) in [5.74, 6) is 1.17. The van der Waals surface area contributed by atoms with Gasteiger partial charge < -0.3 is 5.32 Å². The molecular weight excluding hydrogens is 254 g/mol. The van der Waals surface area contributed by atoms with Gasteiger partial charge in [0.2, 0.25) is 0 Å². The number of hydrogen-bond acceptors (Lipinski definition) is 4. The molecule has 1 N–H and O–H groups in total. The predicted octanol–water partition coefficient (Wildman–Crippen LogP) is 3.64. The van der Waals surface area contributed by atoms with Crippen molar-refractivity contribution >= 4 is 16.9 Å². The monoisotopic (exact) mass is 277 g/mol. The van der Waals surface area contributed by atoms with E-state index in [0.717, 1.165) is 17.4 Å². The minimum Gasteiger partial charge on any atom is -0.357 e. The third-order valence-corrected chi connectivity index (χ3v) is 5.32. The second-order valence-corrected chi connectivity index (χ2v) is 6.20. The van der Waals surface area contributed by atoms with Crippen LogP contribution in [0.1, 0.15) is 45.3 Å². The van der Waals surface area contributed by atoms with Crippen LogP contribution in [0.5, 0.6) is 0 Å². The van der Waals surface area contributed by atoms with E-state index in [1.54, 1.807) is 0 Å². The van der Waals surface area contributed by atoms with Crippen LogP contribution in [0.15, 0.2) is 29.4 Å². The first kappa shape index (κ1) is 14.4. The summed E-state index contributed by atoms with van der Waals surface area (Å²) in [7, 11) is 0. The molecule has 0 bridgehead atoms. The Morgan fingerprint density at radius 1 is 1.37 bits per heavy atom. The zero-order valence-electron chi connectivity index (χ0n) is 12.0. The van der Waals surface area contributed by atoms with E-state index in [-0.39, 0.29) is 6.04 Å². The molecule has 0 saturated heterocycles. The highest BCUT2D eigenvalue weighted by Crippen LogP contribution is 2.35. The molecule has 2 heterocycles. The number of pyridine rings is 1. The van der Waals surface area contributed by atoms with Crippen LogP contribution in [-0.2, 0) is 0 Å². The first-order valence-electron chi connectivity index (χ1n) is 7.04. The number of amidine groups is 1. The molecule has 0 fully saturated rings. The van der Waals surface area contributed by atoms with Crippen molar-refractivity contribution in [2.75, 3.05) is 12.3 Å². The van der Waals surface area contributed by atoms with Gasteiger partial charge in [0.25, 0.3) is 0 Å². The molecular formula is C15H23N3S. The molecule has 1 aromatic rings. The van der Waals surface area contributed by atoms with Gasteiger partial charge in [-0.25, -0.2) is 0 Å². The molecule has 0 amide bonds. The van der Waals surface area contributed by atoms with Crippen LogP contribution in [0.4, 0.5) is 0 Å². The summed E-state index contributed by atoms with van der Waals surface area (Å²) >= 11 is 1.85. The Balaban J connectivity index is 1.96. The molecule has 0 aromatic carbocycles. The smallest absolute Gasteiger partial charge is 0.157 e. The standard InChI is InChI=1S/C15H23N3S/c1-4-15(5-2)10-17-14(19-11-15)18-12(3)13-8-6-7-9-16-13/h6-9,12H,4-5,10-11H2,1-3H3,(H,17,18). The molecule has 0 saturated carbocycles. The Morgan fingerprint density at radius 3 is 2.68 bits per heavy atom. The highest BCUT2D eigenvalue weighted by atomic mass is 32.2. The molecule has 1 unspecified atom stereocenters. The van der Waals surface area contributed by atoms with Gasteiger partial charge in [-0.3, -0.25) is 9.98 Å². The first-order chi connectivity index (χ1) is 9.19. The van der Waals surface area contributed by atoms with Crippen molar-refractivity contribution in [1.82, 2.24) is 10.3 Å². The lowest BCUT2D eigenvalue weighted by Crippen LogP contribution is -2.35. The highest BCUT2D eigenvalue weighted by Gasteiger charge is 2.30. The Morgan fingerprint density at radius 2 is 2.16 bits per heavy atom. The van der Waals surface area contributed by atoms with E-state index in [1.807, 2.05) is 36.2 Å². The molecule has 0 aliphatic carbocycles. The quantitative estimate of drug-likeness (QED) is 0.913. The average Bonchev–Trinajstić information content (AvgIpc) is 2.49. The predicted molar refractivity (Wildman–Crippen MR) is 83.6 cm³/mol. The summed E-state index contributed by atoms with van der Waals surface area (Å²) in [5.41, 5.74) is 1.47. The molecule has 2 rings (SSSR count). The maximum absolute atomic E-state index is 4.73. The number of aliphatic imine (C=N–C) groups is 1. The maximum atomic E-state index is 4.73. The molecule has 1 aromatic heterocycles. The Bertz CT molecular complexity index is 426. The number of nitrogens with zero attached hydrogens (tertiary/aromatic N) is 2. The lowest BCUT2D eigenvalue weighted by atomic mass is 9.84. The normalized spacial score (nSPS) is 19.6. The molecule has 1 aliphatic heterocycles. The Hall–Kier alpha value is -1.03. The number of nitrogens with one attached hydrogen (secondary N) is 1. The second kappa shape index (κ2) is 6.42. The lowest BCUT2D eigenvalue weighted by molar-refractivity contribution is 0.318. The zero-order chi connectivity index (χ0) is 13.7. The van der Waals surface area contributed by atoms with E-state index in [0.29, 0.717) is 5.41 Å². The van der Waals surface area contributed by atoms with Crippen molar-refractivity contribution in [2.24, 2.45) is 10.4 Å². The van der Waals surface area contributed by atoms with Crippen molar-refractivity contribution in [3.05, 3.63) is 30.1 Å². The van der Waals surface area contributed by atoms with Crippen LogP contribution in [0.25, 0.3) is 0 Å². The minimum atomic E-state index is 0.211. The van der Waals surface area contributed by atoms with Crippen LogP contribution < -0.4 is 5.32 Å². The Kier molecular flexibility index (Phi) is 4.86. The number of thioether (sulfide) groups is 1. The van der Waals surface area contributed by atoms with Crippen molar-refractivity contribution in [3.8, 4) is 0 Å². The lowest BCUT2D eigenvalue weighted by Gasteiger charge is -2.34. The van der Waals surface area contributed by atoms with Gasteiger partial charge in [0, 0.05) is 18.5 Å². The molecule has 104 valence electrons. The molecule has 19 heavy (non-hydrogen) atoms.